The number of nitrogens with zero attached hydrogens (tertiary/aromatic N) is 1. The predicted octanol–water partition coefficient (Wildman–Crippen LogP) is 3.49. The van der Waals surface area contributed by atoms with Gasteiger partial charge in [0.05, 0.1) is 28.2 Å². The second-order valence-corrected chi connectivity index (χ2v) is 4.34. The van der Waals surface area contributed by atoms with Gasteiger partial charge in [0.1, 0.15) is 6.07 Å². The quantitative estimate of drug-likeness (QED) is 0.739. The van der Waals surface area contributed by atoms with Gasteiger partial charge in [-0.25, -0.2) is 0 Å². The zero-order valence-electron chi connectivity index (χ0n) is 10.7. The first kappa shape index (κ1) is 14.5. The van der Waals surface area contributed by atoms with Crippen molar-refractivity contribution >= 4 is 22.7 Å². The molecular formula is C14H11F3N4. The molecule has 2 aromatic carbocycles. The Morgan fingerprint density at radius 2 is 1.71 bits per heavy atom. The molecule has 21 heavy (non-hydrogen) atoms. The fourth-order valence-electron chi connectivity index (χ4n) is 1.73. The van der Waals surface area contributed by atoms with Crippen molar-refractivity contribution in [3.05, 3.63) is 47.5 Å². The van der Waals surface area contributed by atoms with Crippen molar-refractivity contribution < 1.29 is 13.2 Å². The molecule has 7 heteroatoms. The van der Waals surface area contributed by atoms with E-state index in [9.17, 15) is 13.2 Å². The molecule has 0 aliphatic carbocycles. The van der Waals surface area contributed by atoms with Crippen LogP contribution in [0.15, 0.2) is 36.4 Å². The molecule has 0 spiro atoms. The predicted molar refractivity (Wildman–Crippen MR) is 74.7 cm³/mol. The fourth-order valence-corrected chi connectivity index (χ4v) is 1.73. The first-order chi connectivity index (χ1) is 9.81. The molecule has 0 unspecified atom stereocenters. The van der Waals surface area contributed by atoms with E-state index < -0.39 is 11.7 Å². The SMILES string of the molecule is N#Cc1cc(C(F)(F)F)ccc1Nc1ccc(N)c(N)c1. The van der Waals surface area contributed by atoms with Gasteiger partial charge in [-0.3, -0.25) is 0 Å². The van der Waals surface area contributed by atoms with Crippen LogP contribution in [0.5, 0.6) is 0 Å². The highest BCUT2D eigenvalue weighted by molar-refractivity contribution is 5.74. The molecule has 0 saturated carbocycles. The van der Waals surface area contributed by atoms with E-state index in [-0.39, 0.29) is 11.3 Å². The second kappa shape index (κ2) is 5.25. The number of nitrogen functional groups attached to an aromatic ring is 2. The first-order valence-electron chi connectivity index (χ1n) is 5.84. The molecule has 0 saturated heterocycles. The number of hydrogen-bond donors (Lipinski definition) is 3. The van der Waals surface area contributed by atoms with Crippen LogP contribution in [0.3, 0.4) is 0 Å². The zero-order valence-corrected chi connectivity index (χ0v) is 10.7. The molecule has 0 aliphatic heterocycles. The van der Waals surface area contributed by atoms with Gasteiger partial charge in [0.2, 0.25) is 0 Å². The Kier molecular flexibility index (Phi) is 3.63. The summed E-state index contributed by atoms with van der Waals surface area (Å²) in [4.78, 5) is 0. The van der Waals surface area contributed by atoms with E-state index in [0.717, 1.165) is 12.1 Å². The van der Waals surface area contributed by atoms with Gasteiger partial charge >= 0.3 is 6.18 Å². The largest absolute Gasteiger partial charge is 0.416 e. The number of anilines is 4. The Morgan fingerprint density at radius 1 is 1.00 bits per heavy atom. The highest BCUT2D eigenvalue weighted by Crippen LogP contribution is 2.32. The number of alkyl halides is 3. The van der Waals surface area contributed by atoms with Crippen molar-refractivity contribution in [2.75, 3.05) is 16.8 Å². The summed E-state index contributed by atoms with van der Waals surface area (Å²) in [5, 5.41) is 11.8. The molecule has 0 atom stereocenters. The highest BCUT2D eigenvalue weighted by Gasteiger charge is 2.31. The molecule has 0 radical (unpaired) electrons. The van der Waals surface area contributed by atoms with Gasteiger partial charge in [-0.2, -0.15) is 18.4 Å². The van der Waals surface area contributed by atoms with Crippen molar-refractivity contribution in [1.82, 2.24) is 0 Å². The average molecular weight is 292 g/mol. The summed E-state index contributed by atoms with van der Waals surface area (Å²) in [5.74, 6) is 0. The Morgan fingerprint density at radius 3 is 2.29 bits per heavy atom. The number of halogens is 3. The minimum absolute atomic E-state index is 0.111. The van der Waals surface area contributed by atoms with Gasteiger partial charge in [0.25, 0.3) is 0 Å². The van der Waals surface area contributed by atoms with Crippen molar-refractivity contribution in [2.24, 2.45) is 0 Å². The van der Waals surface area contributed by atoms with E-state index in [1.54, 1.807) is 18.2 Å². The lowest BCUT2D eigenvalue weighted by molar-refractivity contribution is -0.137. The molecule has 5 N–H and O–H groups in total. The lowest BCUT2D eigenvalue weighted by Gasteiger charge is -2.12. The van der Waals surface area contributed by atoms with Crippen LogP contribution in [0.2, 0.25) is 0 Å². The van der Waals surface area contributed by atoms with Crippen molar-refractivity contribution in [2.45, 2.75) is 6.18 Å². The summed E-state index contributed by atoms with van der Waals surface area (Å²) in [7, 11) is 0. The summed E-state index contributed by atoms with van der Waals surface area (Å²) in [5.41, 5.74) is 11.8. The lowest BCUT2D eigenvalue weighted by atomic mass is 10.1. The number of nitriles is 1. The van der Waals surface area contributed by atoms with Crippen LogP contribution in [0.1, 0.15) is 11.1 Å². The standard InChI is InChI=1S/C14H11F3N4/c15-14(16,17)9-1-4-13(8(5-9)7-18)21-10-2-3-11(19)12(20)6-10/h1-6,21H,19-20H2. The molecule has 0 aliphatic rings. The topological polar surface area (TPSA) is 87.9 Å². The Balaban J connectivity index is 2.36. The Bertz CT molecular complexity index is 717. The Labute approximate surface area is 118 Å². The van der Waals surface area contributed by atoms with Gasteiger partial charge in [0, 0.05) is 5.69 Å². The van der Waals surface area contributed by atoms with E-state index in [0.29, 0.717) is 17.1 Å². The molecule has 2 aromatic rings. The maximum absolute atomic E-state index is 12.6. The molecule has 0 aromatic heterocycles. The fraction of sp³-hybridized carbons (Fsp3) is 0.0714. The van der Waals surface area contributed by atoms with Crippen LogP contribution in [-0.4, -0.2) is 0 Å². The van der Waals surface area contributed by atoms with Crippen LogP contribution >= 0.6 is 0 Å². The molecule has 0 amide bonds. The summed E-state index contributed by atoms with van der Waals surface area (Å²) in [6.45, 7) is 0. The highest BCUT2D eigenvalue weighted by atomic mass is 19.4. The van der Waals surface area contributed by atoms with E-state index in [4.69, 9.17) is 16.7 Å². The summed E-state index contributed by atoms with van der Waals surface area (Å²) in [6, 6.07) is 9.35. The molecule has 108 valence electrons. The third-order valence-electron chi connectivity index (χ3n) is 2.83. The molecule has 0 heterocycles. The normalized spacial score (nSPS) is 11.0. The summed E-state index contributed by atoms with van der Waals surface area (Å²) >= 11 is 0. The van der Waals surface area contributed by atoms with Gasteiger partial charge in [0.15, 0.2) is 0 Å². The third-order valence-corrected chi connectivity index (χ3v) is 2.83. The number of benzene rings is 2. The number of hydrogen-bond acceptors (Lipinski definition) is 4. The zero-order chi connectivity index (χ0) is 15.6. The summed E-state index contributed by atoms with van der Waals surface area (Å²) < 4.78 is 37.8. The minimum Gasteiger partial charge on any atom is -0.397 e. The van der Waals surface area contributed by atoms with E-state index in [2.05, 4.69) is 5.32 Å². The summed E-state index contributed by atoms with van der Waals surface area (Å²) in [6.07, 6.45) is -4.49. The lowest BCUT2D eigenvalue weighted by Crippen LogP contribution is -2.06. The van der Waals surface area contributed by atoms with Crippen LogP contribution in [-0.2, 0) is 6.18 Å². The van der Waals surface area contributed by atoms with Crippen LogP contribution in [0.25, 0.3) is 0 Å². The number of nitrogens with one attached hydrogen (secondary N) is 1. The third kappa shape index (κ3) is 3.17. The smallest absolute Gasteiger partial charge is 0.397 e. The van der Waals surface area contributed by atoms with Gasteiger partial charge in [-0.1, -0.05) is 0 Å². The van der Waals surface area contributed by atoms with E-state index >= 15 is 0 Å². The Hall–Kier alpha value is -2.88. The maximum Gasteiger partial charge on any atom is 0.416 e. The van der Waals surface area contributed by atoms with Crippen LogP contribution in [0.4, 0.5) is 35.9 Å². The molecule has 4 nitrogen and oxygen atoms in total. The van der Waals surface area contributed by atoms with Crippen molar-refractivity contribution in [1.29, 1.82) is 5.26 Å². The monoisotopic (exact) mass is 292 g/mol. The average Bonchev–Trinajstić information content (AvgIpc) is 2.42. The van der Waals surface area contributed by atoms with Gasteiger partial charge < -0.3 is 16.8 Å². The van der Waals surface area contributed by atoms with Gasteiger partial charge in [-0.05, 0) is 36.4 Å². The van der Waals surface area contributed by atoms with Crippen LogP contribution < -0.4 is 16.8 Å². The van der Waals surface area contributed by atoms with Crippen molar-refractivity contribution in [3.63, 3.8) is 0 Å². The molecule has 2 rings (SSSR count). The van der Waals surface area contributed by atoms with Crippen molar-refractivity contribution in [3.8, 4) is 6.07 Å². The minimum atomic E-state index is -4.49. The van der Waals surface area contributed by atoms with E-state index in [1.165, 1.54) is 12.1 Å². The van der Waals surface area contributed by atoms with Crippen LogP contribution in [0, 0.1) is 11.3 Å². The first-order valence-corrected chi connectivity index (χ1v) is 5.84. The maximum atomic E-state index is 12.6. The number of rotatable bonds is 2. The van der Waals surface area contributed by atoms with E-state index in [1.807, 2.05) is 0 Å². The van der Waals surface area contributed by atoms with Gasteiger partial charge in [-0.15, -0.1) is 0 Å². The number of nitrogens with two attached hydrogens (primary N) is 2. The second-order valence-electron chi connectivity index (χ2n) is 4.34. The molecule has 0 bridgehead atoms. The molecule has 0 fully saturated rings. The molecular weight excluding hydrogens is 281 g/mol.